The van der Waals surface area contributed by atoms with Crippen LogP contribution in [0.5, 0.6) is 28.7 Å². The van der Waals surface area contributed by atoms with Crippen molar-refractivity contribution in [2.24, 2.45) is 0 Å². The summed E-state index contributed by atoms with van der Waals surface area (Å²) in [4.78, 5) is 13.1. The Balaban J connectivity index is 2.30. The average molecular weight is 446 g/mol. The summed E-state index contributed by atoms with van der Waals surface area (Å²) in [5.74, 6) is 2.58. The lowest BCUT2D eigenvalue weighted by Crippen LogP contribution is -2.26. The predicted octanol–water partition coefficient (Wildman–Crippen LogP) is 5.17. The van der Waals surface area contributed by atoms with Crippen LogP contribution in [0, 0.1) is 0 Å². The fraction of sp³-hybridized carbons (Fsp3) is 0.480. The van der Waals surface area contributed by atoms with Gasteiger partial charge in [0.15, 0.2) is 23.0 Å². The van der Waals surface area contributed by atoms with Gasteiger partial charge in [0.05, 0.1) is 39.1 Å². The third-order valence-electron chi connectivity index (χ3n) is 4.59. The summed E-state index contributed by atoms with van der Waals surface area (Å²) in [5, 5.41) is 3.04. The normalized spacial score (nSPS) is 11.4. The van der Waals surface area contributed by atoms with E-state index >= 15 is 0 Å². The van der Waals surface area contributed by atoms with Gasteiger partial charge in [0.1, 0.15) is 0 Å². The first-order valence-corrected chi connectivity index (χ1v) is 11.3. The molecule has 7 nitrogen and oxygen atoms in total. The molecular formula is C25H35NO6. The highest BCUT2D eigenvalue weighted by Crippen LogP contribution is 2.39. The van der Waals surface area contributed by atoms with Gasteiger partial charge in [-0.2, -0.15) is 0 Å². The molecule has 0 aliphatic heterocycles. The number of rotatable bonds is 13. The first-order valence-electron chi connectivity index (χ1n) is 11.3. The van der Waals surface area contributed by atoms with E-state index in [1.54, 1.807) is 12.1 Å². The van der Waals surface area contributed by atoms with E-state index in [0.29, 0.717) is 67.3 Å². The molecule has 0 aliphatic rings. The second kappa shape index (κ2) is 12.7. The quantitative estimate of drug-likeness (QED) is 0.458. The van der Waals surface area contributed by atoms with Crippen LogP contribution in [0.2, 0.25) is 0 Å². The second-order valence-corrected chi connectivity index (χ2v) is 6.87. The maximum absolute atomic E-state index is 13.1. The smallest absolute Gasteiger partial charge is 0.252 e. The summed E-state index contributed by atoms with van der Waals surface area (Å²) in [6.45, 7) is 13.8. The lowest BCUT2D eigenvalue weighted by molar-refractivity contribution is 0.0938. The van der Waals surface area contributed by atoms with Crippen LogP contribution < -0.4 is 29.0 Å². The highest BCUT2D eigenvalue weighted by molar-refractivity contribution is 5.96. The Bertz CT molecular complexity index is 856. The van der Waals surface area contributed by atoms with Crippen LogP contribution in [0.3, 0.4) is 0 Å². The van der Waals surface area contributed by atoms with E-state index in [0.717, 1.165) is 5.56 Å². The molecular weight excluding hydrogens is 410 g/mol. The molecule has 1 atom stereocenters. The summed E-state index contributed by atoms with van der Waals surface area (Å²) in [6, 6.07) is 8.80. The van der Waals surface area contributed by atoms with Crippen LogP contribution in [-0.4, -0.2) is 38.9 Å². The molecule has 0 aromatic heterocycles. The maximum atomic E-state index is 13.1. The molecule has 2 aromatic carbocycles. The van der Waals surface area contributed by atoms with Crippen molar-refractivity contribution in [2.45, 2.75) is 47.6 Å². The molecule has 0 radical (unpaired) electrons. The number of amides is 1. The van der Waals surface area contributed by atoms with E-state index in [2.05, 4.69) is 5.32 Å². The Labute approximate surface area is 191 Å². The van der Waals surface area contributed by atoms with Crippen LogP contribution in [0.1, 0.15) is 63.5 Å². The minimum Gasteiger partial charge on any atom is -0.490 e. The molecule has 0 spiro atoms. The van der Waals surface area contributed by atoms with Crippen LogP contribution in [-0.2, 0) is 0 Å². The summed E-state index contributed by atoms with van der Waals surface area (Å²) in [7, 11) is 0. The van der Waals surface area contributed by atoms with E-state index in [1.807, 2.05) is 59.7 Å². The predicted molar refractivity (Wildman–Crippen MR) is 125 cm³/mol. The van der Waals surface area contributed by atoms with E-state index in [1.165, 1.54) is 0 Å². The summed E-state index contributed by atoms with van der Waals surface area (Å²) in [6.07, 6.45) is 0. The van der Waals surface area contributed by atoms with Crippen molar-refractivity contribution < 1.29 is 28.5 Å². The molecule has 1 unspecified atom stereocenters. The van der Waals surface area contributed by atoms with Gasteiger partial charge in [0, 0.05) is 5.56 Å². The largest absolute Gasteiger partial charge is 0.490 e. The number of benzene rings is 2. The van der Waals surface area contributed by atoms with E-state index in [-0.39, 0.29) is 11.9 Å². The molecule has 7 heteroatoms. The number of carbonyl (C=O) groups is 1. The first-order chi connectivity index (χ1) is 15.5. The summed E-state index contributed by atoms with van der Waals surface area (Å²) < 4.78 is 28.5. The van der Waals surface area contributed by atoms with Gasteiger partial charge in [-0.05, 0) is 71.4 Å². The van der Waals surface area contributed by atoms with Crippen LogP contribution in [0.15, 0.2) is 30.3 Å². The van der Waals surface area contributed by atoms with Gasteiger partial charge in [0.2, 0.25) is 5.75 Å². The fourth-order valence-electron chi connectivity index (χ4n) is 3.22. The molecule has 0 fully saturated rings. The maximum Gasteiger partial charge on any atom is 0.252 e. The van der Waals surface area contributed by atoms with Crippen molar-refractivity contribution in [3.8, 4) is 28.7 Å². The topological polar surface area (TPSA) is 75.3 Å². The standard InChI is InChI=1S/C25H35NO6/c1-7-28-20-13-12-18(14-21(20)29-8-2)17(6)26-25(27)19-15-22(30-9-3)24(32-11-5)23(16-19)31-10-4/h12-17H,7-11H2,1-6H3,(H,26,27). The van der Waals surface area contributed by atoms with Crippen molar-refractivity contribution in [1.82, 2.24) is 5.32 Å². The van der Waals surface area contributed by atoms with Gasteiger partial charge in [-0.3, -0.25) is 4.79 Å². The zero-order chi connectivity index (χ0) is 23.5. The van der Waals surface area contributed by atoms with E-state index < -0.39 is 0 Å². The molecule has 32 heavy (non-hydrogen) atoms. The lowest BCUT2D eigenvalue weighted by atomic mass is 10.1. The number of hydrogen-bond acceptors (Lipinski definition) is 6. The van der Waals surface area contributed by atoms with Gasteiger partial charge >= 0.3 is 0 Å². The molecule has 176 valence electrons. The van der Waals surface area contributed by atoms with Crippen LogP contribution in [0.4, 0.5) is 0 Å². The summed E-state index contributed by atoms with van der Waals surface area (Å²) >= 11 is 0. The Kier molecular flexibility index (Phi) is 9.98. The molecule has 0 aliphatic carbocycles. The molecule has 0 saturated carbocycles. The number of carbonyl (C=O) groups excluding carboxylic acids is 1. The Morgan fingerprint density at radius 2 is 1.22 bits per heavy atom. The lowest BCUT2D eigenvalue weighted by Gasteiger charge is -2.19. The minimum absolute atomic E-state index is 0.241. The second-order valence-electron chi connectivity index (χ2n) is 6.87. The van der Waals surface area contributed by atoms with Crippen molar-refractivity contribution in [1.29, 1.82) is 0 Å². The molecule has 0 bridgehead atoms. The van der Waals surface area contributed by atoms with Crippen molar-refractivity contribution in [3.63, 3.8) is 0 Å². The Morgan fingerprint density at radius 3 is 1.75 bits per heavy atom. The van der Waals surface area contributed by atoms with Crippen LogP contribution in [0.25, 0.3) is 0 Å². The molecule has 1 N–H and O–H groups in total. The highest BCUT2D eigenvalue weighted by atomic mass is 16.5. The van der Waals surface area contributed by atoms with E-state index in [9.17, 15) is 4.79 Å². The number of hydrogen-bond donors (Lipinski definition) is 1. The highest BCUT2D eigenvalue weighted by Gasteiger charge is 2.20. The molecule has 1 amide bonds. The number of ether oxygens (including phenoxy) is 5. The van der Waals surface area contributed by atoms with Gasteiger partial charge < -0.3 is 29.0 Å². The summed E-state index contributed by atoms with van der Waals surface area (Å²) in [5.41, 5.74) is 1.34. The van der Waals surface area contributed by atoms with Gasteiger partial charge in [-0.25, -0.2) is 0 Å². The monoisotopic (exact) mass is 445 g/mol. The number of nitrogens with one attached hydrogen (secondary N) is 1. The zero-order valence-corrected chi connectivity index (χ0v) is 19.9. The van der Waals surface area contributed by atoms with Gasteiger partial charge in [-0.15, -0.1) is 0 Å². The van der Waals surface area contributed by atoms with Crippen molar-refractivity contribution in [3.05, 3.63) is 41.5 Å². The Hall–Kier alpha value is -3.09. The van der Waals surface area contributed by atoms with E-state index in [4.69, 9.17) is 23.7 Å². The Morgan fingerprint density at radius 1 is 0.719 bits per heavy atom. The molecule has 0 heterocycles. The first kappa shape index (κ1) is 25.2. The third kappa shape index (κ3) is 6.45. The molecule has 2 rings (SSSR count). The SMILES string of the molecule is CCOc1ccc(C(C)NC(=O)c2cc(OCC)c(OCC)c(OCC)c2)cc1OCC. The third-order valence-corrected chi connectivity index (χ3v) is 4.59. The average Bonchev–Trinajstić information content (AvgIpc) is 2.77. The fourth-order valence-corrected chi connectivity index (χ4v) is 3.22. The zero-order valence-electron chi connectivity index (χ0n) is 19.9. The molecule has 2 aromatic rings. The minimum atomic E-state index is -0.255. The van der Waals surface area contributed by atoms with Gasteiger partial charge in [-0.1, -0.05) is 6.07 Å². The van der Waals surface area contributed by atoms with Crippen molar-refractivity contribution >= 4 is 5.91 Å². The van der Waals surface area contributed by atoms with Crippen molar-refractivity contribution in [2.75, 3.05) is 33.0 Å². The van der Waals surface area contributed by atoms with Gasteiger partial charge in [0.25, 0.3) is 5.91 Å². The van der Waals surface area contributed by atoms with Crippen LogP contribution >= 0.6 is 0 Å². The molecule has 0 saturated heterocycles.